The molecule has 4 rings (SSSR count). The molecule has 1 saturated heterocycles. The van der Waals surface area contributed by atoms with Crippen molar-refractivity contribution < 1.29 is 23.5 Å². The van der Waals surface area contributed by atoms with Crippen LogP contribution in [-0.4, -0.2) is 35.7 Å². The second kappa shape index (κ2) is 8.69. The number of fused-ring (bicyclic) bond motifs is 1. The Labute approximate surface area is 175 Å². The predicted molar refractivity (Wildman–Crippen MR) is 110 cm³/mol. The highest BCUT2D eigenvalue weighted by atomic mass is 19.1. The number of hydrogen-bond acceptors (Lipinski definition) is 4. The fraction of sp³-hybridized carbons (Fsp3) is 0.333. The summed E-state index contributed by atoms with van der Waals surface area (Å²) in [6.45, 7) is 2.02. The second-order valence-corrected chi connectivity index (χ2v) is 7.68. The SMILES string of the molecule is CC(=O)O[C@H]1CCN(C(=O)OCc2ccccc2)[C@@H]1CC1=CCc2cc(F)ccc21. The van der Waals surface area contributed by atoms with Gasteiger partial charge in [0.1, 0.15) is 18.5 Å². The maximum atomic E-state index is 13.5. The van der Waals surface area contributed by atoms with Gasteiger partial charge in [0.15, 0.2) is 0 Å². The van der Waals surface area contributed by atoms with Crippen LogP contribution in [0.4, 0.5) is 9.18 Å². The lowest BCUT2D eigenvalue weighted by atomic mass is 9.97. The van der Waals surface area contributed by atoms with Gasteiger partial charge < -0.3 is 14.4 Å². The number of esters is 1. The number of carbonyl (C=O) groups excluding carboxylic acids is 2. The zero-order valence-electron chi connectivity index (χ0n) is 16.8. The van der Waals surface area contributed by atoms with E-state index in [0.717, 1.165) is 22.3 Å². The molecule has 0 radical (unpaired) electrons. The molecule has 0 bridgehead atoms. The molecule has 1 amide bonds. The lowest BCUT2D eigenvalue weighted by Crippen LogP contribution is -2.41. The minimum absolute atomic E-state index is 0.186. The molecule has 0 aromatic heterocycles. The Balaban J connectivity index is 1.49. The number of carbonyl (C=O) groups is 2. The van der Waals surface area contributed by atoms with Gasteiger partial charge >= 0.3 is 12.1 Å². The van der Waals surface area contributed by atoms with E-state index < -0.39 is 12.2 Å². The van der Waals surface area contributed by atoms with E-state index in [4.69, 9.17) is 9.47 Å². The number of nitrogens with zero attached hydrogens (tertiary/aromatic N) is 1. The standard InChI is InChI=1S/C24H24FNO4/c1-16(27)30-23-11-12-26(24(28)29-15-17-5-3-2-4-6-17)22(23)14-19-8-7-18-13-20(25)9-10-21(18)19/h2-6,8-10,13,22-23H,7,11-12,14-15H2,1H3/t22-,23+/m1/s1. The Morgan fingerprint density at radius 3 is 2.73 bits per heavy atom. The van der Waals surface area contributed by atoms with Crippen LogP contribution in [0.2, 0.25) is 0 Å². The number of benzene rings is 2. The highest BCUT2D eigenvalue weighted by Gasteiger charge is 2.40. The van der Waals surface area contributed by atoms with E-state index in [1.54, 1.807) is 17.0 Å². The maximum absolute atomic E-state index is 13.5. The lowest BCUT2D eigenvalue weighted by molar-refractivity contribution is -0.147. The van der Waals surface area contributed by atoms with Crippen LogP contribution in [-0.2, 0) is 27.3 Å². The van der Waals surface area contributed by atoms with Gasteiger partial charge in [-0.25, -0.2) is 9.18 Å². The van der Waals surface area contributed by atoms with Crippen LogP contribution < -0.4 is 0 Å². The van der Waals surface area contributed by atoms with E-state index in [0.29, 0.717) is 25.8 Å². The van der Waals surface area contributed by atoms with Crippen LogP contribution in [0.3, 0.4) is 0 Å². The lowest BCUT2D eigenvalue weighted by Gasteiger charge is -2.28. The highest BCUT2D eigenvalue weighted by Crippen LogP contribution is 2.36. The third kappa shape index (κ3) is 4.37. The van der Waals surface area contributed by atoms with E-state index >= 15 is 0 Å². The first-order chi connectivity index (χ1) is 14.5. The largest absolute Gasteiger partial charge is 0.460 e. The fourth-order valence-electron chi connectivity index (χ4n) is 4.25. The van der Waals surface area contributed by atoms with E-state index in [9.17, 15) is 14.0 Å². The van der Waals surface area contributed by atoms with Crippen LogP contribution in [0.5, 0.6) is 0 Å². The summed E-state index contributed by atoms with van der Waals surface area (Å²) in [5.41, 5.74) is 3.87. The van der Waals surface area contributed by atoms with Gasteiger partial charge in [0.05, 0.1) is 6.04 Å². The molecule has 0 spiro atoms. The molecule has 2 aromatic carbocycles. The normalized spacial score (nSPS) is 19.9. The zero-order chi connectivity index (χ0) is 21.1. The van der Waals surface area contributed by atoms with E-state index in [-0.39, 0.29) is 24.4 Å². The Hall–Kier alpha value is -3.15. The molecule has 1 aliphatic heterocycles. The minimum Gasteiger partial charge on any atom is -0.460 e. The molecule has 30 heavy (non-hydrogen) atoms. The van der Waals surface area contributed by atoms with Gasteiger partial charge in [-0.3, -0.25) is 4.79 Å². The van der Waals surface area contributed by atoms with Crippen molar-refractivity contribution in [1.82, 2.24) is 4.90 Å². The summed E-state index contributed by atoms with van der Waals surface area (Å²) >= 11 is 0. The predicted octanol–water partition coefficient (Wildman–Crippen LogP) is 4.50. The molecule has 1 fully saturated rings. The van der Waals surface area contributed by atoms with Crippen LogP contribution >= 0.6 is 0 Å². The van der Waals surface area contributed by atoms with E-state index in [2.05, 4.69) is 6.08 Å². The molecule has 0 unspecified atom stereocenters. The molecular weight excluding hydrogens is 385 g/mol. The van der Waals surface area contributed by atoms with Gasteiger partial charge in [-0.05, 0) is 47.2 Å². The molecular formula is C24H24FNO4. The van der Waals surface area contributed by atoms with E-state index in [1.807, 2.05) is 30.3 Å². The van der Waals surface area contributed by atoms with Crippen LogP contribution in [0.25, 0.3) is 5.57 Å². The Kier molecular flexibility index (Phi) is 5.84. The molecule has 5 nitrogen and oxygen atoms in total. The third-order valence-electron chi connectivity index (χ3n) is 5.65. The van der Waals surface area contributed by atoms with Crippen molar-refractivity contribution in [2.24, 2.45) is 0 Å². The highest BCUT2D eigenvalue weighted by molar-refractivity contribution is 5.75. The van der Waals surface area contributed by atoms with Crippen molar-refractivity contribution in [3.8, 4) is 0 Å². The Bertz CT molecular complexity index is 972. The first kappa shape index (κ1) is 20.1. The number of ether oxygens (including phenoxy) is 2. The molecule has 6 heteroatoms. The van der Waals surface area contributed by atoms with Gasteiger partial charge in [-0.15, -0.1) is 0 Å². The topological polar surface area (TPSA) is 55.8 Å². The van der Waals surface area contributed by atoms with Crippen molar-refractivity contribution in [3.63, 3.8) is 0 Å². The summed E-state index contributed by atoms with van der Waals surface area (Å²) < 4.78 is 24.6. The number of likely N-dealkylation sites (tertiary alicyclic amines) is 1. The maximum Gasteiger partial charge on any atom is 0.410 e. The number of rotatable bonds is 5. The average Bonchev–Trinajstić information content (AvgIpc) is 3.31. The van der Waals surface area contributed by atoms with Gasteiger partial charge in [0, 0.05) is 19.9 Å². The van der Waals surface area contributed by atoms with Crippen molar-refractivity contribution in [2.45, 2.75) is 44.9 Å². The number of allylic oxidation sites excluding steroid dienone is 1. The summed E-state index contributed by atoms with van der Waals surface area (Å²) in [5, 5.41) is 0. The summed E-state index contributed by atoms with van der Waals surface area (Å²) in [5.74, 6) is -0.624. The van der Waals surface area contributed by atoms with Gasteiger partial charge in [0.2, 0.25) is 0 Å². The Morgan fingerprint density at radius 2 is 1.97 bits per heavy atom. The molecule has 2 aliphatic rings. The third-order valence-corrected chi connectivity index (χ3v) is 5.65. The molecule has 156 valence electrons. The second-order valence-electron chi connectivity index (χ2n) is 7.68. The van der Waals surface area contributed by atoms with E-state index in [1.165, 1.54) is 13.0 Å². The van der Waals surface area contributed by atoms with Crippen molar-refractivity contribution >= 4 is 17.6 Å². The summed E-state index contributed by atoms with van der Waals surface area (Å²) in [7, 11) is 0. The quantitative estimate of drug-likeness (QED) is 0.683. The van der Waals surface area contributed by atoms with Crippen LogP contribution in [0.15, 0.2) is 54.6 Å². The van der Waals surface area contributed by atoms with Crippen molar-refractivity contribution in [2.75, 3.05) is 6.54 Å². The number of amides is 1. The number of halogens is 1. The smallest absolute Gasteiger partial charge is 0.410 e. The first-order valence-corrected chi connectivity index (χ1v) is 10.1. The van der Waals surface area contributed by atoms with Crippen LogP contribution in [0, 0.1) is 5.82 Å². The Morgan fingerprint density at radius 1 is 1.17 bits per heavy atom. The molecule has 2 atom stereocenters. The summed E-state index contributed by atoms with van der Waals surface area (Å²) in [4.78, 5) is 26.1. The first-order valence-electron chi connectivity index (χ1n) is 10.1. The van der Waals surface area contributed by atoms with Crippen molar-refractivity contribution in [1.29, 1.82) is 0 Å². The zero-order valence-corrected chi connectivity index (χ0v) is 16.8. The van der Waals surface area contributed by atoms with Gasteiger partial charge in [-0.1, -0.05) is 42.5 Å². The molecule has 2 aromatic rings. The number of hydrogen-bond donors (Lipinski definition) is 0. The van der Waals surface area contributed by atoms with Crippen molar-refractivity contribution in [3.05, 3.63) is 77.1 Å². The molecule has 1 heterocycles. The fourth-order valence-corrected chi connectivity index (χ4v) is 4.25. The molecule has 0 saturated carbocycles. The molecule has 1 aliphatic carbocycles. The minimum atomic E-state index is -0.420. The average molecular weight is 409 g/mol. The summed E-state index contributed by atoms with van der Waals surface area (Å²) in [6.07, 6.45) is 2.99. The van der Waals surface area contributed by atoms with Crippen LogP contribution in [0.1, 0.15) is 36.5 Å². The monoisotopic (exact) mass is 409 g/mol. The van der Waals surface area contributed by atoms with Gasteiger partial charge in [-0.2, -0.15) is 0 Å². The van der Waals surface area contributed by atoms with Gasteiger partial charge in [0.25, 0.3) is 0 Å². The molecule has 0 N–H and O–H groups in total. The summed E-state index contributed by atoms with van der Waals surface area (Å²) in [6, 6.07) is 13.9.